The van der Waals surface area contributed by atoms with Crippen LogP contribution in [0.15, 0.2) is 59.0 Å². The van der Waals surface area contributed by atoms with Gasteiger partial charge in [0.15, 0.2) is 0 Å². The second-order valence-electron chi connectivity index (χ2n) is 5.82. The lowest BCUT2D eigenvalue weighted by Crippen LogP contribution is -1.92. The number of allylic oxidation sites excluding steroid dienone is 1. The van der Waals surface area contributed by atoms with E-state index in [1.54, 1.807) is 12.1 Å². The standard InChI is InChI=1S/C20H13N3O6/c1-28-20-11-16(23(26)27)6-8-18(20)19-9-7-17(29-19)10-14(12-21)13-2-4-15(5-3-13)22(24)25/h2-11H,1H3/b14-10-. The first-order valence-electron chi connectivity index (χ1n) is 8.22. The highest BCUT2D eigenvalue weighted by Crippen LogP contribution is 2.35. The summed E-state index contributed by atoms with van der Waals surface area (Å²) in [5.41, 5.74) is 1.10. The monoisotopic (exact) mass is 391 g/mol. The van der Waals surface area contributed by atoms with Crippen molar-refractivity contribution >= 4 is 23.0 Å². The van der Waals surface area contributed by atoms with E-state index in [4.69, 9.17) is 9.15 Å². The number of ether oxygens (including phenoxy) is 1. The smallest absolute Gasteiger partial charge is 0.273 e. The Morgan fingerprint density at radius 2 is 1.69 bits per heavy atom. The maximum atomic E-state index is 10.9. The first kappa shape index (κ1) is 19.3. The molecular formula is C20H13N3O6. The van der Waals surface area contributed by atoms with Crippen LogP contribution in [0.25, 0.3) is 23.0 Å². The highest BCUT2D eigenvalue weighted by Gasteiger charge is 2.15. The molecule has 0 amide bonds. The van der Waals surface area contributed by atoms with Gasteiger partial charge in [-0.3, -0.25) is 20.2 Å². The predicted octanol–water partition coefficient (Wildman–Crippen LogP) is 4.84. The lowest BCUT2D eigenvalue weighted by Gasteiger charge is -2.05. The summed E-state index contributed by atoms with van der Waals surface area (Å²) in [6, 6.07) is 15.1. The number of rotatable bonds is 6. The van der Waals surface area contributed by atoms with Crippen LogP contribution in [0, 0.1) is 31.6 Å². The second kappa shape index (κ2) is 8.06. The largest absolute Gasteiger partial charge is 0.496 e. The van der Waals surface area contributed by atoms with E-state index in [0.29, 0.717) is 22.6 Å². The zero-order valence-electron chi connectivity index (χ0n) is 15.1. The molecule has 1 aromatic heterocycles. The van der Waals surface area contributed by atoms with Gasteiger partial charge in [-0.1, -0.05) is 0 Å². The molecule has 0 spiro atoms. The highest BCUT2D eigenvalue weighted by molar-refractivity contribution is 5.89. The van der Waals surface area contributed by atoms with Crippen molar-refractivity contribution < 1.29 is 19.0 Å². The van der Waals surface area contributed by atoms with Crippen molar-refractivity contribution in [3.8, 4) is 23.1 Å². The van der Waals surface area contributed by atoms with Crippen LogP contribution < -0.4 is 4.74 Å². The fourth-order valence-corrected chi connectivity index (χ4v) is 2.66. The van der Waals surface area contributed by atoms with Gasteiger partial charge in [0, 0.05) is 18.2 Å². The number of hydrogen-bond acceptors (Lipinski definition) is 7. The molecule has 0 bridgehead atoms. The summed E-state index contributed by atoms with van der Waals surface area (Å²) in [7, 11) is 1.40. The van der Waals surface area contributed by atoms with E-state index in [1.165, 1.54) is 55.7 Å². The van der Waals surface area contributed by atoms with Crippen molar-refractivity contribution in [2.24, 2.45) is 0 Å². The quantitative estimate of drug-likeness (QED) is 0.333. The molecule has 0 saturated heterocycles. The zero-order chi connectivity index (χ0) is 21.0. The summed E-state index contributed by atoms with van der Waals surface area (Å²) in [5.74, 6) is 1.05. The molecular weight excluding hydrogens is 378 g/mol. The van der Waals surface area contributed by atoms with Crippen LogP contribution >= 0.6 is 0 Å². The second-order valence-corrected chi connectivity index (χ2v) is 5.82. The average Bonchev–Trinajstić information content (AvgIpc) is 3.19. The summed E-state index contributed by atoms with van der Waals surface area (Å²) in [5, 5.41) is 31.1. The van der Waals surface area contributed by atoms with Gasteiger partial charge in [0.05, 0.1) is 40.2 Å². The van der Waals surface area contributed by atoms with Crippen LogP contribution in [0.1, 0.15) is 11.3 Å². The molecule has 9 heteroatoms. The van der Waals surface area contributed by atoms with Gasteiger partial charge in [0.1, 0.15) is 17.3 Å². The molecule has 0 unspecified atom stereocenters. The Morgan fingerprint density at radius 3 is 2.28 bits per heavy atom. The molecule has 3 aromatic rings. The van der Waals surface area contributed by atoms with Crippen LogP contribution in [0.4, 0.5) is 11.4 Å². The summed E-state index contributed by atoms with van der Waals surface area (Å²) in [6.45, 7) is 0. The molecule has 0 fully saturated rings. The lowest BCUT2D eigenvalue weighted by molar-refractivity contribution is -0.385. The van der Waals surface area contributed by atoms with Crippen molar-refractivity contribution in [2.45, 2.75) is 0 Å². The van der Waals surface area contributed by atoms with Gasteiger partial charge < -0.3 is 9.15 Å². The average molecular weight is 391 g/mol. The van der Waals surface area contributed by atoms with E-state index in [1.807, 2.05) is 6.07 Å². The van der Waals surface area contributed by atoms with Gasteiger partial charge in [0.2, 0.25) is 0 Å². The molecule has 3 rings (SSSR count). The number of nitrogens with zero attached hydrogens (tertiary/aromatic N) is 3. The van der Waals surface area contributed by atoms with Crippen LogP contribution in [-0.4, -0.2) is 17.0 Å². The summed E-state index contributed by atoms with van der Waals surface area (Å²) >= 11 is 0. The number of methoxy groups -OCH3 is 1. The Kier molecular flexibility index (Phi) is 5.37. The topological polar surface area (TPSA) is 132 Å². The molecule has 9 nitrogen and oxygen atoms in total. The van der Waals surface area contributed by atoms with Crippen molar-refractivity contribution in [1.82, 2.24) is 0 Å². The van der Waals surface area contributed by atoms with E-state index < -0.39 is 9.85 Å². The van der Waals surface area contributed by atoms with Gasteiger partial charge in [-0.2, -0.15) is 5.26 Å². The third kappa shape index (κ3) is 4.12. The van der Waals surface area contributed by atoms with Crippen molar-refractivity contribution in [3.63, 3.8) is 0 Å². The lowest BCUT2D eigenvalue weighted by atomic mass is 10.1. The minimum absolute atomic E-state index is 0.0726. The summed E-state index contributed by atoms with van der Waals surface area (Å²) in [4.78, 5) is 20.6. The van der Waals surface area contributed by atoms with Crippen LogP contribution in [0.5, 0.6) is 5.75 Å². The number of benzene rings is 2. The normalized spacial score (nSPS) is 11.0. The molecule has 0 N–H and O–H groups in total. The molecule has 0 aliphatic heterocycles. The summed E-state index contributed by atoms with van der Waals surface area (Å²) in [6.07, 6.45) is 1.50. The minimum Gasteiger partial charge on any atom is -0.496 e. The first-order chi connectivity index (χ1) is 13.9. The van der Waals surface area contributed by atoms with Crippen LogP contribution in [-0.2, 0) is 0 Å². The van der Waals surface area contributed by atoms with Gasteiger partial charge in [0.25, 0.3) is 11.4 Å². The first-order valence-corrected chi connectivity index (χ1v) is 8.22. The Labute approximate surface area is 164 Å². The third-order valence-electron chi connectivity index (χ3n) is 4.08. The number of nitro groups is 2. The predicted molar refractivity (Wildman–Crippen MR) is 104 cm³/mol. The fourth-order valence-electron chi connectivity index (χ4n) is 2.66. The van der Waals surface area contributed by atoms with E-state index in [-0.39, 0.29) is 22.7 Å². The van der Waals surface area contributed by atoms with Crippen molar-refractivity contribution in [1.29, 1.82) is 5.26 Å². The van der Waals surface area contributed by atoms with E-state index in [9.17, 15) is 25.5 Å². The number of nitriles is 1. The van der Waals surface area contributed by atoms with Gasteiger partial charge in [-0.25, -0.2) is 0 Å². The zero-order valence-corrected chi connectivity index (χ0v) is 15.1. The Balaban J connectivity index is 1.94. The molecule has 1 heterocycles. The molecule has 2 aromatic carbocycles. The van der Waals surface area contributed by atoms with E-state index in [0.717, 1.165) is 0 Å². The van der Waals surface area contributed by atoms with Gasteiger partial charge >= 0.3 is 0 Å². The molecule has 29 heavy (non-hydrogen) atoms. The minimum atomic E-state index is -0.522. The Morgan fingerprint density at radius 1 is 1.03 bits per heavy atom. The van der Waals surface area contributed by atoms with E-state index >= 15 is 0 Å². The van der Waals surface area contributed by atoms with Crippen molar-refractivity contribution in [2.75, 3.05) is 7.11 Å². The van der Waals surface area contributed by atoms with Crippen LogP contribution in [0.2, 0.25) is 0 Å². The maximum absolute atomic E-state index is 10.9. The molecule has 0 radical (unpaired) electrons. The Hall–Kier alpha value is -4.45. The summed E-state index contributed by atoms with van der Waals surface area (Å²) < 4.78 is 11.0. The molecule has 144 valence electrons. The van der Waals surface area contributed by atoms with Gasteiger partial charge in [-0.05, 0) is 42.0 Å². The number of furan rings is 1. The number of nitro benzene ring substituents is 2. The van der Waals surface area contributed by atoms with E-state index in [2.05, 4.69) is 0 Å². The van der Waals surface area contributed by atoms with Gasteiger partial charge in [-0.15, -0.1) is 0 Å². The SMILES string of the molecule is COc1cc([N+](=O)[O-])ccc1-c1ccc(/C=C(/C#N)c2ccc([N+](=O)[O-])cc2)o1. The molecule has 0 atom stereocenters. The van der Waals surface area contributed by atoms with Crippen LogP contribution in [0.3, 0.4) is 0 Å². The fraction of sp³-hybridized carbons (Fsp3) is 0.0500. The Bertz CT molecular complexity index is 1160. The number of hydrogen-bond donors (Lipinski definition) is 0. The highest BCUT2D eigenvalue weighted by atomic mass is 16.6. The molecule has 0 aliphatic rings. The molecule has 0 saturated carbocycles. The molecule has 0 aliphatic carbocycles. The number of non-ortho nitro benzene ring substituents is 2. The van der Waals surface area contributed by atoms with Crippen molar-refractivity contribution in [3.05, 3.63) is 86.1 Å². The third-order valence-corrected chi connectivity index (χ3v) is 4.08. The maximum Gasteiger partial charge on any atom is 0.273 e.